The number of hydrogen-bond donors (Lipinski definition) is 3. The number of hydrogen-bond acceptors (Lipinski definition) is 4. The van der Waals surface area contributed by atoms with E-state index in [0.29, 0.717) is 12.0 Å². The molecule has 134 valence electrons. The summed E-state index contributed by atoms with van der Waals surface area (Å²) in [5.41, 5.74) is 6.00. The van der Waals surface area contributed by atoms with E-state index in [1.54, 1.807) is 0 Å². The Morgan fingerprint density at radius 2 is 2.04 bits per heavy atom. The summed E-state index contributed by atoms with van der Waals surface area (Å²) in [7, 11) is 0. The van der Waals surface area contributed by atoms with Gasteiger partial charge in [-0.1, -0.05) is 43.6 Å². The molecule has 25 heavy (non-hydrogen) atoms. The first-order valence-corrected chi connectivity index (χ1v) is 8.99. The normalized spacial score (nSPS) is 27.1. The van der Waals surface area contributed by atoms with Crippen LogP contribution in [0.15, 0.2) is 40.5 Å². The molecule has 0 bridgehead atoms. The van der Waals surface area contributed by atoms with Gasteiger partial charge in [-0.25, -0.2) is 5.84 Å². The van der Waals surface area contributed by atoms with Gasteiger partial charge in [0.05, 0.1) is 5.71 Å². The van der Waals surface area contributed by atoms with Crippen LogP contribution in [-0.4, -0.2) is 11.6 Å². The van der Waals surface area contributed by atoms with Crippen molar-refractivity contribution in [3.8, 4) is 0 Å². The van der Waals surface area contributed by atoms with Gasteiger partial charge in [0.2, 0.25) is 0 Å². The van der Waals surface area contributed by atoms with Gasteiger partial charge in [0.25, 0.3) is 5.91 Å². The molecule has 1 amide bonds. The smallest absolute Gasteiger partial charge is 0.261 e. The number of hydrazone groups is 1. The third-order valence-electron chi connectivity index (χ3n) is 5.41. The predicted molar refractivity (Wildman–Crippen MR) is 101 cm³/mol. The van der Waals surface area contributed by atoms with Crippen LogP contribution in [0.4, 0.5) is 0 Å². The van der Waals surface area contributed by atoms with Crippen LogP contribution in [0.25, 0.3) is 0 Å². The van der Waals surface area contributed by atoms with Gasteiger partial charge in [0.15, 0.2) is 0 Å². The molecule has 2 atom stereocenters. The number of nitrogens with one attached hydrogen (secondary N) is 1. The molecule has 5 N–H and O–H groups in total. The third kappa shape index (κ3) is 3.44. The van der Waals surface area contributed by atoms with E-state index >= 15 is 0 Å². The van der Waals surface area contributed by atoms with Crippen LogP contribution in [0.3, 0.4) is 0 Å². The van der Waals surface area contributed by atoms with Crippen LogP contribution in [0.5, 0.6) is 0 Å². The summed E-state index contributed by atoms with van der Waals surface area (Å²) in [6.45, 7) is 4.44. The van der Waals surface area contributed by atoms with Gasteiger partial charge in [-0.15, -0.1) is 0 Å². The van der Waals surface area contributed by atoms with Gasteiger partial charge < -0.3 is 5.84 Å². The quantitative estimate of drug-likeness (QED) is 0.429. The van der Waals surface area contributed by atoms with Crippen molar-refractivity contribution in [2.45, 2.75) is 45.4 Å². The second kappa shape index (κ2) is 6.81. The molecule has 0 heterocycles. The lowest BCUT2D eigenvalue weighted by Crippen LogP contribution is -2.40. The Balaban J connectivity index is 2.09. The second-order valence-electron chi connectivity index (χ2n) is 7.84. The molecule has 0 aliphatic heterocycles. The summed E-state index contributed by atoms with van der Waals surface area (Å²) in [4.78, 5) is 12.5. The topological polar surface area (TPSA) is 93.5 Å². The molecule has 0 unspecified atom stereocenters. The lowest BCUT2D eigenvalue weighted by molar-refractivity contribution is -0.117. The number of nitrogens with two attached hydrogens (primary N) is 2. The number of halogens is 1. The fourth-order valence-electron chi connectivity index (χ4n) is 4.49. The summed E-state index contributed by atoms with van der Waals surface area (Å²) in [5, 5.41) is 4.76. The van der Waals surface area contributed by atoms with Crippen molar-refractivity contribution in [1.82, 2.24) is 5.43 Å². The maximum absolute atomic E-state index is 12.5. The molecule has 3 rings (SSSR count). The molecule has 1 aromatic carbocycles. The highest BCUT2D eigenvalue weighted by Crippen LogP contribution is 2.50. The van der Waals surface area contributed by atoms with Crippen molar-refractivity contribution in [3.05, 3.63) is 46.0 Å². The monoisotopic (exact) mass is 360 g/mol. The van der Waals surface area contributed by atoms with E-state index < -0.39 is 0 Å². The van der Waals surface area contributed by atoms with Crippen molar-refractivity contribution in [2.24, 2.45) is 28.1 Å². The minimum atomic E-state index is -0.252. The molecule has 6 heteroatoms. The number of fused-ring (bicyclic) bond motifs is 1. The SMILES string of the molecule is CC1(C)C/C(=N\N)C2=C(C(=O)NN)C[C@@H](c3ccccc3Cl)C[C@H]2C1. The van der Waals surface area contributed by atoms with Crippen molar-refractivity contribution < 1.29 is 4.79 Å². The summed E-state index contributed by atoms with van der Waals surface area (Å²) in [6.07, 6.45) is 3.29. The summed E-state index contributed by atoms with van der Waals surface area (Å²) in [6, 6.07) is 7.85. The van der Waals surface area contributed by atoms with E-state index in [9.17, 15) is 4.79 Å². The molecule has 2 aliphatic carbocycles. The Labute approximate surface area is 153 Å². The average molecular weight is 361 g/mol. The van der Waals surface area contributed by atoms with Crippen molar-refractivity contribution in [2.75, 3.05) is 0 Å². The molecular weight excluding hydrogens is 336 g/mol. The van der Waals surface area contributed by atoms with Crippen molar-refractivity contribution in [3.63, 3.8) is 0 Å². The molecule has 0 aromatic heterocycles. The molecule has 0 saturated heterocycles. The number of hydrazine groups is 1. The maximum Gasteiger partial charge on any atom is 0.261 e. The number of amides is 1. The molecule has 1 saturated carbocycles. The van der Waals surface area contributed by atoms with Gasteiger partial charge in [-0.05, 0) is 60.1 Å². The van der Waals surface area contributed by atoms with Crippen LogP contribution >= 0.6 is 11.6 Å². The highest BCUT2D eigenvalue weighted by atomic mass is 35.5. The maximum atomic E-state index is 12.5. The molecule has 2 aliphatic rings. The van der Waals surface area contributed by atoms with Gasteiger partial charge in [0.1, 0.15) is 0 Å². The van der Waals surface area contributed by atoms with E-state index in [2.05, 4.69) is 24.4 Å². The van der Waals surface area contributed by atoms with E-state index in [1.807, 2.05) is 24.3 Å². The van der Waals surface area contributed by atoms with Gasteiger partial charge >= 0.3 is 0 Å². The van der Waals surface area contributed by atoms with Crippen molar-refractivity contribution >= 4 is 23.2 Å². The fourth-order valence-corrected chi connectivity index (χ4v) is 4.78. The zero-order chi connectivity index (χ0) is 18.2. The van der Waals surface area contributed by atoms with Gasteiger partial charge in [-0.2, -0.15) is 5.10 Å². The number of benzene rings is 1. The Bertz CT molecular complexity index is 754. The lowest BCUT2D eigenvalue weighted by Gasteiger charge is -2.43. The largest absolute Gasteiger partial charge is 0.323 e. The number of carbonyl (C=O) groups excluding carboxylic acids is 1. The van der Waals surface area contributed by atoms with E-state index in [1.165, 1.54) is 0 Å². The van der Waals surface area contributed by atoms with Crippen molar-refractivity contribution in [1.29, 1.82) is 0 Å². The van der Waals surface area contributed by atoms with Crippen LogP contribution in [0, 0.1) is 11.3 Å². The zero-order valence-electron chi connectivity index (χ0n) is 14.7. The zero-order valence-corrected chi connectivity index (χ0v) is 15.4. The molecule has 1 aromatic rings. The van der Waals surface area contributed by atoms with Crippen LogP contribution in [-0.2, 0) is 4.79 Å². The number of allylic oxidation sites excluding steroid dienone is 1. The average Bonchev–Trinajstić information content (AvgIpc) is 2.58. The predicted octanol–water partition coefficient (Wildman–Crippen LogP) is 3.25. The minimum absolute atomic E-state index is 0.0963. The molecule has 5 nitrogen and oxygen atoms in total. The fraction of sp³-hybridized carbons (Fsp3) is 0.474. The minimum Gasteiger partial charge on any atom is -0.323 e. The second-order valence-corrected chi connectivity index (χ2v) is 8.25. The first-order valence-electron chi connectivity index (χ1n) is 8.62. The number of nitrogens with zero attached hydrogens (tertiary/aromatic N) is 1. The molecule has 0 spiro atoms. The number of carbonyl (C=O) groups is 1. The summed E-state index contributed by atoms with van der Waals surface area (Å²) in [5.74, 6) is 11.3. The van der Waals surface area contributed by atoms with E-state index in [0.717, 1.165) is 41.1 Å². The molecular formula is C19H25ClN4O. The van der Waals surface area contributed by atoms with Crippen LogP contribution < -0.4 is 17.1 Å². The Morgan fingerprint density at radius 3 is 2.68 bits per heavy atom. The standard InChI is InChI=1S/C19H25ClN4O/c1-19(2)9-12-7-11(13-5-3-4-6-15(13)20)8-14(18(25)24-22)17(12)16(10-19)23-21/h3-6,11-12H,7-10,21-22H2,1-2H3,(H,24,25)/b23-16+/t11-,12-/m0/s1. The van der Waals surface area contributed by atoms with Gasteiger partial charge in [-0.3, -0.25) is 10.2 Å². The lowest BCUT2D eigenvalue weighted by atomic mass is 9.61. The van der Waals surface area contributed by atoms with Crippen LogP contribution in [0.1, 0.15) is 51.0 Å². The third-order valence-corrected chi connectivity index (χ3v) is 5.76. The first kappa shape index (κ1) is 18.0. The Kier molecular flexibility index (Phi) is 4.89. The Morgan fingerprint density at radius 1 is 1.32 bits per heavy atom. The van der Waals surface area contributed by atoms with Gasteiger partial charge in [0, 0.05) is 10.6 Å². The highest BCUT2D eigenvalue weighted by Gasteiger charge is 2.42. The molecule has 0 radical (unpaired) electrons. The molecule has 1 fully saturated rings. The Hall–Kier alpha value is -1.85. The van der Waals surface area contributed by atoms with E-state index in [4.69, 9.17) is 23.3 Å². The highest BCUT2D eigenvalue weighted by molar-refractivity contribution is 6.31. The van der Waals surface area contributed by atoms with Crippen LogP contribution in [0.2, 0.25) is 5.02 Å². The number of rotatable bonds is 2. The summed E-state index contributed by atoms with van der Waals surface area (Å²) >= 11 is 6.42. The summed E-state index contributed by atoms with van der Waals surface area (Å²) < 4.78 is 0. The van der Waals surface area contributed by atoms with E-state index in [-0.39, 0.29) is 23.2 Å². The first-order chi connectivity index (χ1) is 11.9.